The summed E-state index contributed by atoms with van der Waals surface area (Å²) < 4.78 is 5.18. The number of hydrogen-bond acceptors (Lipinski definition) is 5. The fraction of sp³-hybridized carbons (Fsp3) is 0.353. The van der Waals surface area contributed by atoms with Crippen molar-refractivity contribution in [3.63, 3.8) is 0 Å². The number of rotatable bonds is 3. The van der Waals surface area contributed by atoms with Gasteiger partial charge in [0.2, 0.25) is 0 Å². The molecule has 2 aromatic rings. The summed E-state index contributed by atoms with van der Waals surface area (Å²) in [7, 11) is 1.66. The van der Waals surface area contributed by atoms with E-state index in [9.17, 15) is 4.79 Å². The first-order valence-electron chi connectivity index (χ1n) is 7.64. The molecule has 0 atom stereocenters. The number of aryl methyl sites for hydroxylation is 1. The molecule has 1 aliphatic rings. The predicted molar refractivity (Wildman–Crippen MR) is 87.9 cm³/mol. The molecule has 3 rings (SSSR count). The summed E-state index contributed by atoms with van der Waals surface area (Å²) in [5, 5.41) is 0. The van der Waals surface area contributed by atoms with Gasteiger partial charge in [-0.25, -0.2) is 9.97 Å². The largest absolute Gasteiger partial charge is 0.497 e. The Bertz CT molecular complexity index is 679. The molecular weight excluding hydrogens is 292 g/mol. The Morgan fingerprint density at radius 2 is 1.78 bits per heavy atom. The minimum Gasteiger partial charge on any atom is -0.497 e. The molecule has 1 aromatic carbocycles. The van der Waals surface area contributed by atoms with Gasteiger partial charge in [0.05, 0.1) is 7.11 Å². The highest BCUT2D eigenvalue weighted by atomic mass is 16.5. The van der Waals surface area contributed by atoms with Crippen molar-refractivity contribution in [2.24, 2.45) is 0 Å². The topological polar surface area (TPSA) is 58.6 Å². The van der Waals surface area contributed by atoms with Crippen molar-refractivity contribution in [2.45, 2.75) is 6.92 Å². The minimum absolute atomic E-state index is 0.0233. The maximum absolute atomic E-state index is 12.5. The number of amides is 1. The second kappa shape index (κ2) is 6.64. The van der Waals surface area contributed by atoms with Gasteiger partial charge in [-0.2, -0.15) is 0 Å². The molecular formula is C17H20N4O2. The summed E-state index contributed by atoms with van der Waals surface area (Å²) in [5.74, 6) is 0.826. The van der Waals surface area contributed by atoms with Gasteiger partial charge < -0.3 is 14.5 Å². The van der Waals surface area contributed by atoms with E-state index in [2.05, 4.69) is 14.9 Å². The molecule has 1 fully saturated rings. The molecule has 0 spiro atoms. The summed E-state index contributed by atoms with van der Waals surface area (Å²) in [5.41, 5.74) is 2.42. The number of anilines is 1. The molecule has 1 aromatic heterocycles. The van der Waals surface area contributed by atoms with Gasteiger partial charge in [0.1, 0.15) is 17.8 Å². The first-order chi connectivity index (χ1) is 11.2. The number of methoxy groups -OCH3 is 1. The van der Waals surface area contributed by atoms with E-state index in [0.717, 1.165) is 30.2 Å². The monoisotopic (exact) mass is 312 g/mol. The zero-order valence-electron chi connectivity index (χ0n) is 13.4. The zero-order chi connectivity index (χ0) is 16.2. The Kier molecular flexibility index (Phi) is 4.41. The molecule has 23 heavy (non-hydrogen) atoms. The molecule has 6 nitrogen and oxygen atoms in total. The quantitative estimate of drug-likeness (QED) is 0.864. The van der Waals surface area contributed by atoms with Crippen LogP contribution in [0.1, 0.15) is 16.2 Å². The summed E-state index contributed by atoms with van der Waals surface area (Å²) in [6, 6.07) is 9.74. The number of ether oxygens (including phenoxy) is 1. The molecule has 0 aliphatic carbocycles. The number of aromatic nitrogens is 2. The summed E-state index contributed by atoms with van der Waals surface area (Å²) in [4.78, 5) is 24.7. The lowest BCUT2D eigenvalue weighted by Crippen LogP contribution is -2.49. The van der Waals surface area contributed by atoms with Gasteiger partial charge in [0.25, 0.3) is 5.91 Å². The fourth-order valence-electron chi connectivity index (χ4n) is 2.69. The van der Waals surface area contributed by atoms with Crippen LogP contribution < -0.4 is 9.64 Å². The highest BCUT2D eigenvalue weighted by Crippen LogP contribution is 2.20. The number of carbonyl (C=O) groups is 1. The second-order valence-corrected chi connectivity index (χ2v) is 5.52. The number of nitrogens with zero attached hydrogens (tertiary/aromatic N) is 4. The van der Waals surface area contributed by atoms with E-state index < -0.39 is 0 Å². The zero-order valence-corrected chi connectivity index (χ0v) is 13.4. The Labute approximate surface area is 135 Å². The Morgan fingerprint density at radius 3 is 2.39 bits per heavy atom. The third-order valence-electron chi connectivity index (χ3n) is 4.03. The first kappa shape index (κ1) is 15.3. The van der Waals surface area contributed by atoms with Crippen LogP contribution in [0.15, 0.2) is 36.7 Å². The van der Waals surface area contributed by atoms with E-state index in [1.165, 1.54) is 6.33 Å². The van der Waals surface area contributed by atoms with Crippen LogP contribution in [0.25, 0.3) is 0 Å². The molecule has 120 valence electrons. The van der Waals surface area contributed by atoms with Gasteiger partial charge in [-0.1, -0.05) is 0 Å². The molecule has 0 bridgehead atoms. The van der Waals surface area contributed by atoms with Gasteiger partial charge >= 0.3 is 0 Å². The highest BCUT2D eigenvalue weighted by molar-refractivity contribution is 5.92. The lowest BCUT2D eigenvalue weighted by molar-refractivity contribution is 0.0740. The predicted octanol–water partition coefficient (Wildman–Crippen LogP) is 1.76. The van der Waals surface area contributed by atoms with Crippen molar-refractivity contribution in [3.05, 3.63) is 48.0 Å². The van der Waals surface area contributed by atoms with Crippen LogP contribution >= 0.6 is 0 Å². The van der Waals surface area contributed by atoms with E-state index in [1.807, 2.05) is 36.1 Å². The Morgan fingerprint density at radius 1 is 1.09 bits per heavy atom. The first-order valence-corrected chi connectivity index (χ1v) is 7.64. The SMILES string of the molecule is COc1ccc(N2CCN(C(=O)c3cc(C)ncn3)CC2)cc1. The van der Waals surface area contributed by atoms with Crippen LogP contribution in [0.5, 0.6) is 5.75 Å². The highest BCUT2D eigenvalue weighted by Gasteiger charge is 2.23. The third kappa shape index (κ3) is 3.41. The number of benzene rings is 1. The Balaban J connectivity index is 1.62. The van der Waals surface area contributed by atoms with E-state index in [4.69, 9.17) is 4.74 Å². The van der Waals surface area contributed by atoms with Gasteiger partial charge in [-0.15, -0.1) is 0 Å². The minimum atomic E-state index is -0.0233. The lowest BCUT2D eigenvalue weighted by atomic mass is 10.2. The third-order valence-corrected chi connectivity index (χ3v) is 4.03. The summed E-state index contributed by atoms with van der Waals surface area (Å²) >= 11 is 0. The van der Waals surface area contributed by atoms with Crippen LogP contribution in [0.2, 0.25) is 0 Å². The molecule has 0 N–H and O–H groups in total. The summed E-state index contributed by atoms with van der Waals surface area (Å²) in [6.07, 6.45) is 1.44. The van der Waals surface area contributed by atoms with Crippen LogP contribution in [-0.2, 0) is 0 Å². The number of piperazine rings is 1. The molecule has 1 saturated heterocycles. The molecule has 0 radical (unpaired) electrons. The average Bonchev–Trinajstić information content (AvgIpc) is 2.61. The van der Waals surface area contributed by atoms with Crippen LogP contribution in [0, 0.1) is 6.92 Å². The van der Waals surface area contributed by atoms with Crippen LogP contribution in [-0.4, -0.2) is 54.1 Å². The smallest absolute Gasteiger partial charge is 0.272 e. The fourth-order valence-corrected chi connectivity index (χ4v) is 2.69. The van der Waals surface area contributed by atoms with Gasteiger partial charge in [0, 0.05) is 37.6 Å². The molecule has 0 unspecified atom stereocenters. The van der Waals surface area contributed by atoms with Crippen LogP contribution in [0.4, 0.5) is 5.69 Å². The second-order valence-electron chi connectivity index (χ2n) is 5.52. The van der Waals surface area contributed by atoms with Crippen molar-refractivity contribution in [2.75, 3.05) is 38.2 Å². The van der Waals surface area contributed by atoms with Gasteiger partial charge in [-0.3, -0.25) is 4.79 Å². The summed E-state index contributed by atoms with van der Waals surface area (Å²) in [6.45, 7) is 4.85. The van der Waals surface area contributed by atoms with E-state index >= 15 is 0 Å². The number of carbonyl (C=O) groups excluding carboxylic acids is 1. The molecule has 1 amide bonds. The molecule has 2 heterocycles. The van der Waals surface area contributed by atoms with E-state index in [1.54, 1.807) is 13.2 Å². The molecule has 6 heteroatoms. The maximum Gasteiger partial charge on any atom is 0.272 e. The van der Waals surface area contributed by atoms with Crippen molar-refractivity contribution < 1.29 is 9.53 Å². The van der Waals surface area contributed by atoms with Crippen molar-refractivity contribution in [3.8, 4) is 5.75 Å². The van der Waals surface area contributed by atoms with Crippen molar-refractivity contribution in [1.82, 2.24) is 14.9 Å². The van der Waals surface area contributed by atoms with Crippen molar-refractivity contribution >= 4 is 11.6 Å². The average molecular weight is 312 g/mol. The maximum atomic E-state index is 12.5. The van der Waals surface area contributed by atoms with Crippen molar-refractivity contribution in [1.29, 1.82) is 0 Å². The van der Waals surface area contributed by atoms with Crippen LogP contribution in [0.3, 0.4) is 0 Å². The Hall–Kier alpha value is -2.63. The van der Waals surface area contributed by atoms with E-state index in [-0.39, 0.29) is 5.91 Å². The lowest BCUT2D eigenvalue weighted by Gasteiger charge is -2.36. The molecule has 1 aliphatic heterocycles. The normalized spacial score (nSPS) is 14.7. The number of hydrogen-bond donors (Lipinski definition) is 0. The van der Waals surface area contributed by atoms with Gasteiger partial charge in [0.15, 0.2) is 0 Å². The molecule has 0 saturated carbocycles. The van der Waals surface area contributed by atoms with Gasteiger partial charge in [-0.05, 0) is 37.3 Å². The van der Waals surface area contributed by atoms with E-state index in [0.29, 0.717) is 18.8 Å². The standard InChI is InChI=1S/C17H20N4O2/c1-13-11-16(19-12-18-13)17(22)21-9-7-20(8-10-21)14-3-5-15(23-2)6-4-14/h3-6,11-12H,7-10H2,1-2H3.